The number of nitrogens with one attached hydrogen (secondary N) is 1. The fraction of sp³-hybridized carbons (Fsp3) is 0.429. The number of nitrogens with zero attached hydrogens (tertiary/aromatic N) is 2. The zero-order chi connectivity index (χ0) is 19.6. The van der Waals surface area contributed by atoms with Crippen LogP contribution in [0.4, 0.5) is 10.5 Å². The van der Waals surface area contributed by atoms with Gasteiger partial charge in [0.15, 0.2) is 0 Å². The second-order valence-electron chi connectivity index (χ2n) is 7.27. The van der Waals surface area contributed by atoms with E-state index in [1.54, 1.807) is 15.9 Å². The van der Waals surface area contributed by atoms with Crippen LogP contribution in [0.1, 0.15) is 39.4 Å². The van der Waals surface area contributed by atoms with Crippen molar-refractivity contribution in [3.05, 3.63) is 52.5 Å². The van der Waals surface area contributed by atoms with E-state index < -0.39 is 0 Å². The maximum Gasteiger partial charge on any atom is 0.321 e. The number of anilines is 1. The second kappa shape index (κ2) is 7.86. The molecule has 1 saturated heterocycles. The lowest BCUT2D eigenvalue weighted by Gasteiger charge is -2.22. The minimum atomic E-state index is -0.121. The number of amides is 3. The van der Waals surface area contributed by atoms with Crippen LogP contribution in [0.25, 0.3) is 0 Å². The van der Waals surface area contributed by atoms with Crippen LogP contribution in [0.15, 0.2) is 28.7 Å². The monoisotopic (exact) mass is 369 g/mol. The molecule has 1 aliphatic rings. The summed E-state index contributed by atoms with van der Waals surface area (Å²) in [5, 5.41) is 2.98. The summed E-state index contributed by atoms with van der Waals surface area (Å²) >= 11 is 0. The van der Waals surface area contributed by atoms with Crippen molar-refractivity contribution in [1.82, 2.24) is 9.80 Å². The van der Waals surface area contributed by atoms with Crippen LogP contribution >= 0.6 is 0 Å². The van der Waals surface area contributed by atoms with E-state index in [0.29, 0.717) is 37.5 Å². The molecule has 144 valence electrons. The van der Waals surface area contributed by atoms with Crippen molar-refractivity contribution in [2.75, 3.05) is 31.5 Å². The van der Waals surface area contributed by atoms with Gasteiger partial charge in [0.05, 0.1) is 5.56 Å². The maximum atomic E-state index is 12.8. The molecule has 2 aromatic rings. The third-order valence-corrected chi connectivity index (χ3v) is 4.81. The fourth-order valence-electron chi connectivity index (χ4n) is 3.59. The molecular formula is C21H27N3O3. The maximum absolute atomic E-state index is 12.8. The molecule has 0 unspecified atom stereocenters. The number of urea groups is 1. The van der Waals surface area contributed by atoms with Crippen molar-refractivity contribution >= 4 is 17.6 Å². The van der Waals surface area contributed by atoms with E-state index in [1.165, 1.54) is 0 Å². The molecule has 0 radical (unpaired) electrons. The van der Waals surface area contributed by atoms with E-state index in [-0.39, 0.29) is 11.9 Å². The number of carbonyl (C=O) groups is 2. The molecule has 0 aliphatic carbocycles. The molecule has 27 heavy (non-hydrogen) atoms. The molecule has 3 amide bonds. The Kier molecular flexibility index (Phi) is 5.54. The van der Waals surface area contributed by atoms with Crippen molar-refractivity contribution in [2.45, 2.75) is 34.1 Å². The predicted molar refractivity (Wildman–Crippen MR) is 105 cm³/mol. The molecule has 6 heteroatoms. The van der Waals surface area contributed by atoms with Crippen molar-refractivity contribution in [3.63, 3.8) is 0 Å². The average Bonchev–Trinajstić information content (AvgIpc) is 2.79. The summed E-state index contributed by atoms with van der Waals surface area (Å²) < 4.78 is 5.48. The summed E-state index contributed by atoms with van der Waals surface area (Å²) in [7, 11) is 0. The third kappa shape index (κ3) is 4.51. The van der Waals surface area contributed by atoms with E-state index in [9.17, 15) is 9.59 Å². The summed E-state index contributed by atoms with van der Waals surface area (Å²) in [6.45, 7) is 9.96. The van der Waals surface area contributed by atoms with Crippen molar-refractivity contribution in [3.8, 4) is 0 Å². The number of furan rings is 1. The number of hydrogen-bond acceptors (Lipinski definition) is 3. The zero-order valence-electron chi connectivity index (χ0n) is 16.5. The lowest BCUT2D eigenvalue weighted by Crippen LogP contribution is -2.39. The minimum absolute atomic E-state index is 0.0269. The number of aryl methyl sites for hydroxylation is 4. The summed E-state index contributed by atoms with van der Waals surface area (Å²) in [4.78, 5) is 29.0. The van der Waals surface area contributed by atoms with Gasteiger partial charge in [-0.1, -0.05) is 6.07 Å². The smallest absolute Gasteiger partial charge is 0.321 e. The van der Waals surface area contributed by atoms with Gasteiger partial charge in [0.25, 0.3) is 5.91 Å². The minimum Gasteiger partial charge on any atom is -0.466 e. The van der Waals surface area contributed by atoms with Crippen molar-refractivity contribution in [2.24, 2.45) is 0 Å². The molecule has 0 saturated carbocycles. The normalized spacial score (nSPS) is 14.8. The van der Waals surface area contributed by atoms with Gasteiger partial charge in [-0.25, -0.2) is 4.79 Å². The Bertz CT molecular complexity index is 836. The average molecular weight is 369 g/mol. The standard InChI is InChI=1S/C21H27N3O3/c1-14-10-15(2)12-18(11-14)22-21(26)24-7-5-6-23(8-9-24)20(25)19-13-16(3)27-17(19)4/h10-13H,5-9H2,1-4H3,(H,22,26). The van der Waals surface area contributed by atoms with Crippen molar-refractivity contribution < 1.29 is 14.0 Å². The molecule has 1 aromatic carbocycles. The number of carbonyl (C=O) groups excluding carboxylic acids is 2. The summed E-state index contributed by atoms with van der Waals surface area (Å²) in [5.74, 6) is 1.35. The summed E-state index contributed by atoms with van der Waals surface area (Å²) in [5.41, 5.74) is 3.65. The highest BCUT2D eigenvalue weighted by Gasteiger charge is 2.25. The molecule has 0 atom stereocenters. The van der Waals surface area contributed by atoms with E-state index in [2.05, 4.69) is 11.4 Å². The predicted octanol–water partition coefficient (Wildman–Crippen LogP) is 3.89. The van der Waals surface area contributed by atoms with Crippen LogP contribution in [0.5, 0.6) is 0 Å². The Morgan fingerprint density at radius 1 is 0.889 bits per heavy atom. The Labute approximate surface area is 160 Å². The SMILES string of the molecule is Cc1cc(C)cc(NC(=O)N2CCCN(C(=O)c3cc(C)oc3C)CC2)c1. The molecule has 3 rings (SSSR count). The Morgan fingerprint density at radius 3 is 2.15 bits per heavy atom. The molecule has 2 heterocycles. The van der Waals surface area contributed by atoms with Gasteiger partial charge in [-0.3, -0.25) is 4.79 Å². The quantitative estimate of drug-likeness (QED) is 0.873. The first-order chi connectivity index (χ1) is 12.8. The fourth-order valence-corrected chi connectivity index (χ4v) is 3.59. The topological polar surface area (TPSA) is 65.8 Å². The second-order valence-corrected chi connectivity index (χ2v) is 7.27. The highest BCUT2D eigenvalue weighted by atomic mass is 16.3. The summed E-state index contributed by atoms with van der Waals surface area (Å²) in [6, 6.07) is 7.66. The van der Waals surface area contributed by atoms with Gasteiger partial charge in [0.1, 0.15) is 11.5 Å². The zero-order valence-corrected chi connectivity index (χ0v) is 16.5. The highest BCUT2D eigenvalue weighted by molar-refractivity contribution is 5.95. The van der Waals surface area contributed by atoms with Gasteiger partial charge < -0.3 is 19.5 Å². The van der Waals surface area contributed by atoms with Crippen LogP contribution in [-0.2, 0) is 0 Å². The third-order valence-electron chi connectivity index (χ3n) is 4.81. The molecule has 0 bridgehead atoms. The van der Waals surface area contributed by atoms with Crippen molar-refractivity contribution in [1.29, 1.82) is 0 Å². The first-order valence-electron chi connectivity index (χ1n) is 9.34. The van der Waals surface area contributed by atoms with Crippen LogP contribution in [0.3, 0.4) is 0 Å². The Hall–Kier alpha value is -2.76. The van der Waals surface area contributed by atoms with Crippen LogP contribution in [-0.4, -0.2) is 47.9 Å². The number of benzene rings is 1. The van der Waals surface area contributed by atoms with E-state index in [1.807, 2.05) is 39.8 Å². The Morgan fingerprint density at radius 2 is 1.52 bits per heavy atom. The first kappa shape index (κ1) is 19.0. The highest BCUT2D eigenvalue weighted by Crippen LogP contribution is 2.18. The molecule has 0 spiro atoms. The van der Waals surface area contributed by atoms with Gasteiger partial charge in [0.2, 0.25) is 0 Å². The summed E-state index contributed by atoms with van der Waals surface area (Å²) in [6.07, 6.45) is 0.752. The van der Waals surface area contributed by atoms with E-state index in [0.717, 1.165) is 29.0 Å². The van der Waals surface area contributed by atoms with Gasteiger partial charge in [0, 0.05) is 31.9 Å². The largest absolute Gasteiger partial charge is 0.466 e. The van der Waals surface area contributed by atoms with Crippen LogP contribution in [0, 0.1) is 27.7 Å². The number of rotatable bonds is 2. The van der Waals surface area contributed by atoms with Gasteiger partial charge in [-0.05, 0) is 63.4 Å². The number of hydrogen-bond donors (Lipinski definition) is 1. The molecule has 6 nitrogen and oxygen atoms in total. The molecule has 1 aliphatic heterocycles. The van der Waals surface area contributed by atoms with Gasteiger partial charge in [-0.2, -0.15) is 0 Å². The van der Waals surface area contributed by atoms with Gasteiger partial charge >= 0.3 is 6.03 Å². The first-order valence-corrected chi connectivity index (χ1v) is 9.34. The Balaban J connectivity index is 1.63. The lowest BCUT2D eigenvalue weighted by atomic mass is 10.1. The molecule has 1 aromatic heterocycles. The van der Waals surface area contributed by atoms with E-state index in [4.69, 9.17) is 4.42 Å². The lowest BCUT2D eigenvalue weighted by molar-refractivity contribution is 0.0761. The van der Waals surface area contributed by atoms with Gasteiger partial charge in [-0.15, -0.1) is 0 Å². The van der Waals surface area contributed by atoms with Crippen LogP contribution in [0.2, 0.25) is 0 Å². The molecular weight excluding hydrogens is 342 g/mol. The van der Waals surface area contributed by atoms with Crippen LogP contribution < -0.4 is 5.32 Å². The molecule has 1 fully saturated rings. The van der Waals surface area contributed by atoms with E-state index >= 15 is 0 Å². The molecule has 1 N–H and O–H groups in total.